The number of ether oxygens (including phenoxy) is 2. The molecule has 3 aromatic rings. The van der Waals surface area contributed by atoms with Crippen molar-refractivity contribution < 1.29 is 23.9 Å². The second kappa shape index (κ2) is 12.6. The molecule has 1 atom stereocenters. The van der Waals surface area contributed by atoms with Crippen molar-refractivity contribution in [1.29, 1.82) is 0 Å². The molecule has 0 unspecified atom stereocenters. The molecule has 2 N–H and O–H groups in total. The van der Waals surface area contributed by atoms with E-state index in [0.29, 0.717) is 34.0 Å². The Kier molecular flexibility index (Phi) is 9.52. The normalized spacial score (nSPS) is 11.8. The monoisotopic (exact) mass is 537 g/mol. The topological polar surface area (TPSA) is 97.0 Å². The van der Waals surface area contributed by atoms with Crippen LogP contribution in [0.25, 0.3) is 0 Å². The van der Waals surface area contributed by atoms with E-state index >= 15 is 0 Å². The highest BCUT2D eigenvalue weighted by Crippen LogP contribution is 2.37. The molecule has 0 radical (unpaired) electrons. The predicted octanol–water partition coefficient (Wildman–Crippen LogP) is 4.88. The summed E-state index contributed by atoms with van der Waals surface area (Å²) in [7, 11) is 3.02. The highest BCUT2D eigenvalue weighted by Gasteiger charge is 2.36. The molecule has 8 nitrogen and oxygen atoms in total. The Morgan fingerprint density at radius 3 is 2.32 bits per heavy atom. The zero-order chi connectivity index (χ0) is 27.9. The van der Waals surface area contributed by atoms with Gasteiger partial charge in [0.25, 0.3) is 5.91 Å². The predicted molar refractivity (Wildman–Crippen MR) is 150 cm³/mol. The minimum atomic E-state index is -1.03. The quantitative estimate of drug-likeness (QED) is 0.363. The molecule has 3 amide bonds. The molecule has 0 aliphatic carbocycles. The molecule has 0 aliphatic rings. The maximum absolute atomic E-state index is 13.9. The van der Waals surface area contributed by atoms with Crippen molar-refractivity contribution in [2.24, 2.45) is 0 Å². The number of carbonyl (C=O) groups is 3. The fourth-order valence-corrected chi connectivity index (χ4v) is 4.43. The van der Waals surface area contributed by atoms with E-state index in [4.69, 9.17) is 9.47 Å². The number of amides is 3. The third-order valence-electron chi connectivity index (χ3n) is 6.31. The fraction of sp³-hybridized carbons (Fsp3) is 0.345. The summed E-state index contributed by atoms with van der Waals surface area (Å²) in [4.78, 5) is 42.3. The first-order chi connectivity index (χ1) is 18.1. The first-order valence-corrected chi connectivity index (χ1v) is 13.2. The number of aryl methyl sites for hydroxylation is 1. The third kappa shape index (κ3) is 6.92. The van der Waals surface area contributed by atoms with E-state index in [0.717, 1.165) is 5.56 Å². The van der Waals surface area contributed by atoms with E-state index in [1.165, 1.54) is 30.5 Å². The number of anilines is 1. The minimum absolute atomic E-state index is 0.321. The summed E-state index contributed by atoms with van der Waals surface area (Å²) in [6, 6.07) is 14.9. The maximum Gasteiger partial charge on any atom is 0.261 e. The molecular formula is C29H35N3O5S. The van der Waals surface area contributed by atoms with Crippen LogP contribution in [0.1, 0.15) is 54.0 Å². The first kappa shape index (κ1) is 28.7. The number of hydrogen-bond donors (Lipinski definition) is 2. The van der Waals surface area contributed by atoms with Crippen molar-refractivity contribution in [2.75, 3.05) is 25.7 Å². The van der Waals surface area contributed by atoms with E-state index in [1.54, 1.807) is 35.7 Å². The number of benzene rings is 2. The van der Waals surface area contributed by atoms with Crippen LogP contribution in [-0.4, -0.2) is 44.0 Å². The molecule has 0 aliphatic heterocycles. The standard InChI is InChI=1S/C29H35N3O5S/c1-7-29(3,4)31-28(35)26(20-12-10-19(2)11-13-20)32(22-15-14-21(36-5)17-23(22)37-6)25(33)18-30-27(34)24-9-8-16-38-24/h8-17,26H,7,18H2,1-6H3,(H,30,34)(H,31,35)/t26-/m0/s1. The zero-order valence-electron chi connectivity index (χ0n) is 22.7. The largest absolute Gasteiger partial charge is 0.497 e. The van der Waals surface area contributed by atoms with Crippen LogP contribution in [0, 0.1) is 6.92 Å². The second-order valence-electron chi connectivity index (χ2n) is 9.50. The fourth-order valence-electron chi connectivity index (χ4n) is 3.79. The van der Waals surface area contributed by atoms with Gasteiger partial charge in [0.15, 0.2) is 0 Å². The molecule has 0 saturated carbocycles. The van der Waals surface area contributed by atoms with Crippen LogP contribution in [-0.2, 0) is 9.59 Å². The molecule has 0 bridgehead atoms. The Bertz CT molecular complexity index is 1260. The Balaban J connectivity index is 2.12. The van der Waals surface area contributed by atoms with E-state index in [9.17, 15) is 14.4 Å². The van der Waals surface area contributed by atoms with Crippen LogP contribution in [0.2, 0.25) is 0 Å². The summed E-state index contributed by atoms with van der Waals surface area (Å²) < 4.78 is 11.0. The van der Waals surface area contributed by atoms with Crippen LogP contribution in [0.3, 0.4) is 0 Å². The lowest BCUT2D eigenvalue weighted by atomic mass is 9.97. The van der Waals surface area contributed by atoms with Gasteiger partial charge in [-0.3, -0.25) is 19.3 Å². The van der Waals surface area contributed by atoms with Crippen LogP contribution in [0.5, 0.6) is 11.5 Å². The van der Waals surface area contributed by atoms with Crippen LogP contribution in [0.4, 0.5) is 5.69 Å². The highest BCUT2D eigenvalue weighted by molar-refractivity contribution is 7.12. The molecule has 1 heterocycles. The molecule has 1 aromatic heterocycles. The Morgan fingerprint density at radius 1 is 1.03 bits per heavy atom. The smallest absolute Gasteiger partial charge is 0.261 e. The summed E-state index contributed by atoms with van der Waals surface area (Å²) in [5, 5.41) is 7.57. The van der Waals surface area contributed by atoms with E-state index in [-0.39, 0.29) is 18.4 Å². The van der Waals surface area contributed by atoms with Gasteiger partial charge in [-0.05, 0) is 56.3 Å². The summed E-state index contributed by atoms with van der Waals surface area (Å²) in [6.07, 6.45) is 0.691. The SMILES string of the molecule is CCC(C)(C)NC(=O)[C@H](c1ccc(C)cc1)N(C(=O)CNC(=O)c1cccs1)c1ccc(OC)cc1OC. The number of methoxy groups -OCH3 is 2. The summed E-state index contributed by atoms with van der Waals surface area (Å²) in [6.45, 7) is 7.47. The van der Waals surface area contributed by atoms with E-state index < -0.39 is 17.5 Å². The lowest BCUT2D eigenvalue weighted by Crippen LogP contribution is -2.52. The van der Waals surface area contributed by atoms with Gasteiger partial charge >= 0.3 is 0 Å². The summed E-state index contributed by atoms with van der Waals surface area (Å²) in [5.41, 5.74) is 1.51. The number of hydrogen-bond acceptors (Lipinski definition) is 6. The third-order valence-corrected chi connectivity index (χ3v) is 7.17. The van der Waals surface area contributed by atoms with Crippen molar-refractivity contribution in [3.63, 3.8) is 0 Å². The average molecular weight is 538 g/mol. The summed E-state index contributed by atoms with van der Waals surface area (Å²) >= 11 is 1.28. The Labute approximate surface area is 228 Å². The van der Waals surface area contributed by atoms with Gasteiger partial charge in [-0.25, -0.2) is 0 Å². The molecular weight excluding hydrogens is 502 g/mol. The van der Waals surface area contributed by atoms with Crippen LogP contribution >= 0.6 is 11.3 Å². The number of rotatable bonds is 11. The van der Waals surface area contributed by atoms with Crippen molar-refractivity contribution in [3.8, 4) is 11.5 Å². The Hall–Kier alpha value is -3.85. The van der Waals surface area contributed by atoms with Gasteiger partial charge in [-0.15, -0.1) is 11.3 Å². The number of nitrogens with zero attached hydrogens (tertiary/aromatic N) is 1. The van der Waals surface area contributed by atoms with Crippen LogP contribution in [0.15, 0.2) is 60.0 Å². The van der Waals surface area contributed by atoms with Gasteiger partial charge in [0.1, 0.15) is 17.5 Å². The lowest BCUT2D eigenvalue weighted by Gasteiger charge is -2.35. The van der Waals surface area contributed by atoms with Crippen molar-refractivity contribution in [3.05, 3.63) is 76.0 Å². The zero-order valence-corrected chi connectivity index (χ0v) is 23.5. The van der Waals surface area contributed by atoms with Crippen molar-refractivity contribution in [1.82, 2.24) is 10.6 Å². The lowest BCUT2D eigenvalue weighted by molar-refractivity contribution is -0.127. The van der Waals surface area contributed by atoms with Gasteiger partial charge < -0.3 is 20.1 Å². The number of thiophene rings is 1. The number of carbonyl (C=O) groups excluding carboxylic acids is 3. The molecule has 0 saturated heterocycles. The molecule has 38 heavy (non-hydrogen) atoms. The minimum Gasteiger partial charge on any atom is -0.497 e. The van der Waals surface area contributed by atoms with Crippen LogP contribution < -0.4 is 25.0 Å². The van der Waals surface area contributed by atoms with Gasteiger partial charge in [-0.2, -0.15) is 0 Å². The van der Waals surface area contributed by atoms with Gasteiger partial charge in [-0.1, -0.05) is 42.8 Å². The van der Waals surface area contributed by atoms with Crippen molar-refractivity contribution >= 4 is 34.7 Å². The highest BCUT2D eigenvalue weighted by atomic mass is 32.1. The van der Waals surface area contributed by atoms with Gasteiger partial charge in [0, 0.05) is 11.6 Å². The molecule has 9 heteroatoms. The van der Waals surface area contributed by atoms with Gasteiger partial charge in [0.2, 0.25) is 11.8 Å². The second-order valence-corrected chi connectivity index (χ2v) is 10.4. The Morgan fingerprint density at radius 2 is 1.74 bits per heavy atom. The van der Waals surface area contributed by atoms with E-state index in [1.807, 2.05) is 52.0 Å². The molecule has 0 fully saturated rings. The maximum atomic E-state index is 13.9. The summed E-state index contributed by atoms with van der Waals surface area (Å²) in [5.74, 6) is -0.308. The number of nitrogens with one attached hydrogen (secondary N) is 2. The molecule has 202 valence electrons. The molecule has 3 rings (SSSR count). The van der Waals surface area contributed by atoms with Gasteiger partial charge in [0.05, 0.1) is 31.3 Å². The molecule has 0 spiro atoms. The molecule has 2 aromatic carbocycles. The van der Waals surface area contributed by atoms with Crippen molar-refractivity contribution in [2.45, 2.75) is 45.7 Å². The van der Waals surface area contributed by atoms with E-state index in [2.05, 4.69) is 10.6 Å². The average Bonchev–Trinajstić information content (AvgIpc) is 3.45. The first-order valence-electron chi connectivity index (χ1n) is 12.3.